The van der Waals surface area contributed by atoms with E-state index >= 15 is 0 Å². The van der Waals surface area contributed by atoms with E-state index in [4.69, 9.17) is 5.73 Å². The van der Waals surface area contributed by atoms with E-state index in [0.29, 0.717) is 5.92 Å². The van der Waals surface area contributed by atoms with Crippen molar-refractivity contribution in [3.05, 3.63) is 42.3 Å². The van der Waals surface area contributed by atoms with E-state index in [9.17, 15) is 5.11 Å². The average Bonchev–Trinajstić information content (AvgIpc) is 2.26. The summed E-state index contributed by atoms with van der Waals surface area (Å²) < 4.78 is 0. The molecule has 1 radical (unpaired) electrons. The fourth-order valence-corrected chi connectivity index (χ4v) is 1.73. The third-order valence-electron chi connectivity index (χ3n) is 2.62. The molecule has 0 bridgehead atoms. The van der Waals surface area contributed by atoms with Gasteiger partial charge in [-0.05, 0) is 30.7 Å². The number of hydrogen-bond acceptors (Lipinski definition) is 2. The standard InChI is InChI=1S/C14H22NO/c1-11(2)10-13(15)14(16)9-8-12-6-4-3-5-7-12/h3-7,9,11,13-14,16H,8,10,15H2,1-2H3. The van der Waals surface area contributed by atoms with Crippen LogP contribution in [0.1, 0.15) is 25.8 Å². The summed E-state index contributed by atoms with van der Waals surface area (Å²) in [6.07, 6.45) is 3.01. The van der Waals surface area contributed by atoms with Crippen LogP contribution in [-0.2, 0) is 6.42 Å². The van der Waals surface area contributed by atoms with Crippen LogP contribution in [0.3, 0.4) is 0 Å². The highest BCUT2D eigenvalue weighted by atomic mass is 16.3. The number of aliphatic hydroxyl groups is 1. The Kier molecular flexibility index (Phi) is 5.50. The predicted octanol–water partition coefficient (Wildman–Crippen LogP) is 2.17. The van der Waals surface area contributed by atoms with Gasteiger partial charge >= 0.3 is 0 Å². The second-order valence-corrected chi connectivity index (χ2v) is 4.71. The van der Waals surface area contributed by atoms with Crippen LogP contribution in [0.15, 0.2) is 30.3 Å². The fourth-order valence-electron chi connectivity index (χ4n) is 1.73. The molecule has 0 heterocycles. The first-order valence-electron chi connectivity index (χ1n) is 5.90. The van der Waals surface area contributed by atoms with Crippen LogP contribution in [0, 0.1) is 12.3 Å². The van der Waals surface area contributed by atoms with Crippen molar-refractivity contribution in [1.29, 1.82) is 0 Å². The Morgan fingerprint density at radius 2 is 1.88 bits per heavy atom. The summed E-state index contributed by atoms with van der Waals surface area (Å²) in [6, 6.07) is 9.95. The highest BCUT2D eigenvalue weighted by Gasteiger charge is 2.15. The van der Waals surface area contributed by atoms with Gasteiger partial charge < -0.3 is 10.8 Å². The Morgan fingerprint density at radius 1 is 1.25 bits per heavy atom. The van der Waals surface area contributed by atoms with E-state index in [0.717, 1.165) is 12.8 Å². The molecule has 2 atom stereocenters. The molecule has 0 spiro atoms. The second kappa shape index (κ2) is 6.66. The highest BCUT2D eigenvalue weighted by Crippen LogP contribution is 2.10. The Labute approximate surface area is 98.5 Å². The molecule has 0 aliphatic carbocycles. The zero-order chi connectivity index (χ0) is 12.0. The topological polar surface area (TPSA) is 46.2 Å². The average molecular weight is 220 g/mol. The van der Waals surface area contributed by atoms with Gasteiger partial charge in [-0.25, -0.2) is 0 Å². The maximum absolute atomic E-state index is 9.85. The summed E-state index contributed by atoms with van der Waals surface area (Å²) in [5.41, 5.74) is 7.11. The minimum atomic E-state index is -0.511. The molecule has 1 aromatic rings. The van der Waals surface area contributed by atoms with Crippen molar-refractivity contribution in [2.45, 2.75) is 38.8 Å². The van der Waals surface area contributed by atoms with Crippen molar-refractivity contribution in [2.75, 3.05) is 0 Å². The molecule has 3 N–H and O–H groups in total. The molecule has 0 aliphatic heterocycles. The van der Waals surface area contributed by atoms with Crippen molar-refractivity contribution in [2.24, 2.45) is 11.7 Å². The minimum Gasteiger partial charge on any atom is -0.391 e. The van der Waals surface area contributed by atoms with Crippen molar-refractivity contribution in [3.8, 4) is 0 Å². The van der Waals surface area contributed by atoms with E-state index in [2.05, 4.69) is 26.0 Å². The maximum Gasteiger partial charge on any atom is 0.0726 e. The number of rotatable bonds is 6. The molecule has 0 saturated carbocycles. The number of benzene rings is 1. The smallest absolute Gasteiger partial charge is 0.0726 e. The lowest BCUT2D eigenvalue weighted by Gasteiger charge is -2.20. The first-order valence-corrected chi connectivity index (χ1v) is 5.90. The third-order valence-corrected chi connectivity index (χ3v) is 2.62. The number of aliphatic hydroxyl groups excluding tert-OH is 1. The van der Waals surface area contributed by atoms with Crippen LogP contribution >= 0.6 is 0 Å². The summed E-state index contributed by atoms with van der Waals surface area (Å²) in [7, 11) is 0. The van der Waals surface area contributed by atoms with E-state index in [1.807, 2.05) is 24.6 Å². The lowest BCUT2D eigenvalue weighted by molar-refractivity contribution is 0.161. The third kappa shape index (κ3) is 4.77. The molecule has 16 heavy (non-hydrogen) atoms. The number of nitrogens with two attached hydrogens (primary N) is 1. The predicted molar refractivity (Wildman–Crippen MR) is 67.9 cm³/mol. The highest BCUT2D eigenvalue weighted by molar-refractivity contribution is 5.17. The molecule has 0 saturated heterocycles. The molecular formula is C14H22NO. The van der Waals surface area contributed by atoms with Gasteiger partial charge in [0, 0.05) is 6.04 Å². The molecule has 2 nitrogen and oxygen atoms in total. The Morgan fingerprint density at radius 3 is 2.44 bits per heavy atom. The van der Waals surface area contributed by atoms with Crippen molar-refractivity contribution in [3.63, 3.8) is 0 Å². The lowest BCUT2D eigenvalue weighted by Crippen LogP contribution is -2.36. The Bertz CT molecular complexity index is 284. The minimum absolute atomic E-state index is 0.149. The number of hydrogen-bond donors (Lipinski definition) is 2. The molecule has 0 fully saturated rings. The van der Waals surface area contributed by atoms with E-state index < -0.39 is 6.10 Å². The summed E-state index contributed by atoms with van der Waals surface area (Å²) >= 11 is 0. The first kappa shape index (κ1) is 13.2. The SMILES string of the molecule is CC(C)CC(N)C(O)[CH]Cc1ccccc1. The molecule has 0 amide bonds. The van der Waals surface area contributed by atoms with Gasteiger partial charge in [-0.3, -0.25) is 0 Å². The Hall–Kier alpha value is -0.860. The zero-order valence-electron chi connectivity index (χ0n) is 10.1. The van der Waals surface area contributed by atoms with E-state index in [-0.39, 0.29) is 6.04 Å². The summed E-state index contributed by atoms with van der Waals surface area (Å²) in [5, 5.41) is 9.85. The van der Waals surface area contributed by atoms with Crippen LogP contribution in [0.25, 0.3) is 0 Å². The molecule has 2 unspecified atom stereocenters. The fraction of sp³-hybridized carbons (Fsp3) is 0.500. The maximum atomic E-state index is 9.85. The van der Waals surface area contributed by atoms with Gasteiger partial charge in [-0.1, -0.05) is 44.2 Å². The summed E-state index contributed by atoms with van der Waals surface area (Å²) in [6.45, 7) is 4.23. The van der Waals surface area contributed by atoms with Crippen LogP contribution in [-0.4, -0.2) is 17.3 Å². The van der Waals surface area contributed by atoms with Crippen LogP contribution in [0.2, 0.25) is 0 Å². The van der Waals surface area contributed by atoms with Gasteiger partial charge in [0.05, 0.1) is 6.10 Å². The first-order chi connectivity index (χ1) is 7.59. The van der Waals surface area contributed by atoms with E-state index in [1.165, 1.54) is 5.56 Å². The normalized spacial score (nSPS) is 15.1. The second-order valence-electron chi connectivity index (χ2n) is 4.71. The van der Waals surface area contributed by atoms with Gasteiger partial charge in [-0.2, -0.15) is 0 Å². The summed E-state index contributed by atoms with van der Waals surface area (Å²) in [4.78, 5) is 0. The largest absolute Gasteiger partial charge is 0.391 e. The van der Waals surface area contributed by atoms with Crippen molar-refractivity contribution < 1.29 is 5.11 Å². The van der Waals surface area contributed by atoms with Crippen LogP contribution < -0.4 is 5.73 Å². The molecule has 2 heteroatoms. The monoisotopic (exact) mass is 220 g/mol. The molecule has 0 aromatic heterocycles. The molecule has 1 aromatic carbocycles. The molecule has 0 aliphatic rings. The van der Waals surface area contributed by atoms with Crippen molar-refractivity contribution in [1.82, 2.24) is 0 Å². The zero-order valence-corrected chi connectivity index (χ0v) is 10.1. The summed E-state index contributed by atoms with van der Waals surface area (Å²) in [5.74, 6) is 0.523. The van der Waals surface area contributed by atoms with Crippen LogP contribution in [0.5, 0.6) is 0 Å². The molecular weight excluding hydrogens is 198 g/mol. The van der Waals surface area contributed by atoms with Gasteiger partial charge in [0.1, 0.15) is 0 Å². The van der Waals surface area contributed by atoms with Crippen LogP contribution in [0.4, 0.5) is 0 Å². The van der Waals surface area contributed by atoms with Gasteiger partial charge in [0.15, 0.2) is 0 Å². The van der Waals surface area contributed by atoms with Crippen molar-refractivity contribution >= 4 is 0 Å². The molecule has 1 rings (SSSR count). The molecule has 89 valence electrons. The van der Waals surface area contributed by atoms with Gasteiger partial charge in [-0.15, -0.1) is 0 Å². The van der Waals surface area contributed by atoms with Gasteiger partial charge in [0.25, 0.3) is 0 Å². The van der Waals surface area contributed by atoms with E-state index in [1.54, 1.807) is 0 Å². The lowest BCUT2D eigenvalue weighted by atomic mass is 9.96. The quantitative estimate of drug-likeness (QED) is 0.771. The Balaban J connectivity index is 2.32. The van der Waals surface area contributed by atoms with Gasteiger partial charge in [0.2, 0.25) is 0 Å².